The number of nitrogens with two attached hydrogens (primary N) is 1. The number of carbonyl (C=O) groups excluding carboxylic acids is 1. The average Bonchev–Trinajstić information content (AvgIpc) is 2.29. The monoisotopic (exact) mass is 213 g/mol. The van der Waals surface area contributed by atoms with E-state index in [1.165, 1.54) is 0 Å². The third-order valence-corrected chi connectivity index (χ3v) is 2.36. The molecule has 4 heteroatoms. The van der Waals surface area contributed by atoms with E-state index in [0.29, 0.717) is 11.3 Å². The van der Waals surface area contributed by atoms with Crippen molar-refractivity contribution < 1.29 is 4.79 Å². The van der Waals surface area contributed by atoms with Gasteiger partial charge in [-0.3, -0.25) is 14.8 Å². The molecule has 0 saturated heterocycles. The number of pyridine rings is 2. The highest BCUT2D eigenvalue weighted by atomic mass is 16.1. The van der Waals surface area contributed by atoms with E-state index in [9.17, 15) is 4.79 Å². The molecule has 80 valence electrons. The predicted octanol–water partition coefficient (Wildman–Crippen LogP) is 1.55. The van der Waals surface area contributed by atoms with E-state index in [0.717, 1.165) is 11.1 Å². The van der Waals surface area contributed by atoms with Crippen molar-refractivity contribution in [2.75, 3.05) is 0 Å². The number of aryl methyl sites for hydroxylation is 1. The van der Waals surface area contributed by atoms with Crippen LogP contribution in [0, 0.1) is 6.92 Å². The van der Waals surface area contributed by atoms with E-state index in [4.69, 9.17) is 5.73 Å². The summed E-state index contributed by atoms with van der Waals surface area (Å²) in [6.07, 6.45) is 5.03. The largest absolute Gasteiger partial charge is 0.366 e. The molecule has 1 amide bonds. The lowest BCUT2D eigenvalue weighted by Crippen LogP contribution is -2.15. The molecule has 2 rings (SSSR count). The van der Waals surface area contributed by atoms with Crippen LogP contribution in [0.1, 0.15) is 16.1 Å². The Labute approximate surface area is 93.2 Å². The molecule has 0 fully saturated rings. The van der Waals surface area contributed by atoms with Crippen LogP contribution in [0.2, 0.25) is 0 Å². The number of hydrogen-bond acceptors (Lipinski definition) is 3. The first-order chi connectivity index (χ1) is 7.70. The van der Waals surface area contributed by atoms with Crippen molar-refractivity contribution in [1.82, 2.24) is 9.97 Å². The van der Waals surface area contributed by atoms with Gasteiger partial charge >= 0.3 is 0 Å². The van der Waals surface area contributed by atoms with Crippen LogP contribution in [-0.4, -0.2) is 15.9 Å². The Hall–Kier alpha value is -2.23. The normalized spacial score (nSPS) is 10.1. The van der Waals surface area contributed by atoms with E-state index in [-0.39, 0.29) is 0 Å². The summed E-state index contributed by atoms with van der Waals surface area (Å²) in [6, 6.07) is 5.47. The van der Waals surface area contributed by atoms with Gasteiger partial charge in [0.15, 0.2) is 0 Å². The number of hydrogen-bond donors (Lipinski definition) is 1. The van der Waals surface area contributed by atoms with E-state index in [1.807, 2.05) is 12.1 Å². The lowest BCUT2D eigenvalue weighted by atomic mass is 10.0. The topological polar surface area (TPSA) is 68.9 Å². The summed E-state index contributed by atoms with van der Waals surface area (Å²) in [6.45, 7) is 1.76. The number of amides is 1. The van der Waals surface area contributed by atoms with Gasteiger partial charge < -0.3 is 5.73 Å². The van der Waals surface area contributed by atoms with Crippen LogP contribution < -0.4 is 5.73 Å². The Morgan fingerprint density at radius 2 is 2.12 bits per heavy atom. The number of aromatic nitrogens is 2. The molecule has 0 aliphatic heterocycles. The molecular formula is C12H11N3O. The predicted molar refractivity (Wildman–Crippen MR) is 60.7 cm³/mol. The minimum absolute atomic E-state index is 0.454. The highest BCUT2D eigenvalue weighted by molar-refractivity contribution is 6.00. The maximum absolute atomic E-state index is 11.4. The van der Waals surface area contributed by atoms with Gasteiger partial charge in [0.1, 0.15) is 0 Å². The Kier molecular flexibility index (Phi) is 2.64. The van der Waals surface area contributed by atoms with E-state index >= 15 is 0 Å². The summed E-state index contributed by atoms with van der Waals surface area (Å²) < 4.78 is 0. The smallest absolute Gasteiger partial charge is 0.251 e. The van der Waals surface area contributed by atoms with Gasteiger partial charge in [-0.2, -0.15) is 0 Å². The van der Waals surface area contributed by atoms with Gasteiger partial charge in [-0.15, -0.1) is 0 Å². The van der Waals surface area contributed by atoms with Crippen LogP contribution in [0.3, 0.4) is 0 Å². The van der Waals surface area contributed by atoms with Gasteiger partial charge in [-0.25, -0.2) is 0 Å². The van der Waals surface area contributed by atoms with Crippen molar-refractivity contribution in [2.24, 2.45) is 5.73 Å². The zero-order valence-corrected chi connectivity index (χ0v) is 8.84. The maximum atomic E-state index is 11.4. The van der Waals surface area contributed by atoms with Crippen LogP contribution in [0.15, 0.2) is 36.8 Å². The van der Waals surface area contributed by atoms with Crippen molar-refractivity contribution in [3.05, 3.63) is 48.0 Å². The Morgan fingerprint density at radius 3 is 2.75 bits per heavy atom. The SMILES string of the molecule is Cc1nccc(-c2cccnc2)c1C(N)=O. The zero-order valence-electron chi connectivity index (χ0n) is 8.84. The van der Waals surface area contributed by atoms with Gasteiger partial charge in [0.25, 0.3) is 5.91 Å². The lowest BCUT2D eigenvalue weighted by molar-refractivity contribution is 0.1000. The van der Waals surface area contributed by atoms with Gasteiger partial charge in [0.2, 0.25) is 0 Å². The summed E-state index contributed by atoms with van der Waals surface area (Å²) in [5, 5.41) is 0. The first-order valence-electron chi connectivity index (χ1n) is 4.86. The quantitative estimate of drug-likeness (QED) is 0.822. The molecule has 0 aliphatic carbocycles. The second-order valence-electron chi connectivity index (χ2n) is 3.42. The zero-order chi connectivity index (χ0) is 11.5. The second-order valence-corrected chi connectivity index (χ2v) is 3.42. The summed E-state index contributed by atoms with van der Waals surface area (Å²) in [5.74, 6) is -0.468. The van der Waals surface area contributed by atoms with Crippen LogP contribution in [-0.2, 0) is 0 Å². The lowest BCUT2D eigenvalue weighted by Gasteiger charge is -2.08. The maximum Gasteiger partial charge on any atom is 0.251 e. The highest BCUT2D eigenvalue weighted by Crippen LogP contribution is 2.23. The summed E-state index contributed by atoms with van der Waals surface area (Å²) >= 11 is 0. The van der Waals surface area contributed by atoms with Gasteiger partial charge in [0.05, 0.1) is 11.3 Å². The summed E-state index contributed by atoms with van der Waals surface area (Å²) in [5.41, 5.74) is 8.07. The Morgan fingerprint density at radius 1 is 1.31 bits per heavy atom. The highest BCUT2D eigenvalue weighted by Gasteiger charge is 2.13. The molecule has 0 aliphatic rings. The molecule has 2 heterocycles. The molecule has 0 saturated carbocycles. The first-order valence-corrected chi connectivity index (χ1v) is 4.86. The molecule has 2 aromatic heterocycles. The molecule has 0 bridgehead atoms. The van der Waals surface area contributed by atoms with Crippen LogP contribution in [0.25, 0.3) is 11.1 Å². The molecular weight excluding hydrogens is 202 g/mol. The van der Waals surface area contributed by atoms with E-state index < -0.39 is 5.91 Å². The second kappa shape index (κ2) is 4.10. The van der Waals surface area contributed by atoms with Crippen molar-refractivity contribution in [1.29, 1.82) is 0 Å². The van der Waals surface area contributed by atoms with Crippen LogP contribution >= 0.6 is 0 Å². The summed E-state index contributed by atoms with van der Waals surface area (Å²) in [7, 11) is 0. The molecule has 0 spiro atoms. The number of nitrogens with zero attached hydrogens (tertiary/aromatic N) is 2. The minimum Gasteiger partial charge on any atom is -0.366 e. The molecule has 2 aromatic rings. The standard InChI is InChI=1S/C12H11N3O/c1-8-11(12(13)16)10(4-6-15-8)9-3-2-5-14-7-9/h2-7H,1H3,(H2,13,16). The van der Waals surface area contributed by atoms with Crippen LogP contribution in [0.4, 0.5) is 0 Å². The van der Waals surface area contributed by atoms with Gasteiger partial charge in [0, 0.05) is 24.2 Å². The van der Waals surface area contributed by atoms with Crippen LogP contribution in [0.5, 0.6) is 0 Å². The molecule has 0 unspecified atom stereocenters. The molecule has 0 radical (unpaired) electrons. The van der Waals surface area contributed by atoms with E-state index in [1.54, 1.807) is 31.6 Å². The number of rotatable bonds is 2. The number of primary amides is 1. The Bertz CT molecular complexity index is 523. The fourth-order valence-corrected chi connectivity index (χ4v) is 1.64. The first kappa shape index (κ1) is 10.3. The third-order valence-electron chi connectivity index (χ3n) is 2.36. The van der Waals surface area contributed by atoms with Crippen molar-refractivity contribution in [3.63, 3.8) is 0 Å². The summed E-state index contributed by atoms with van der Waals surface area (Å²) in [4.78, 5) is 19.5. The molecule has 16 heavy (non-hydrogen) atoms. The molecule has 0 atom stereocenters. The van der Waals surface area contributed by atoms with Gasteiger partial charge in [-0.05, 0) is 24.6 Å². The Balaban J connectivity index is 2.66. The molecule has 2 N–H and O–H groups in total. The number of carbonyl (C=O) groups is 1. The molecule has 4 nitrogen and oxygen atoms in total. The van der Waals surface area contributed by atoms with Crippen molar-refractivity contribution >= 4 is 5.91 Å². The fourth-order valence-electron chi connectivity index (χ4n) is 1.64. The fraction of sp³-hybridized carbons (Fsp3) is 0.0833. The van der Waals surface area contributed by atoms with E-state index in [2.05, 4.69) is 9.97 Å². The minimum atomic E-state index is -0.468. The van der Waals surface area contributed by atoms with Crippen molar-refractivity contribution in [2.45, 2.75) is 6.92 Å². The third kappa shape index (κ3) is 1.77. The van der Waals surface area contributed by atoms with Crippen molar-refractivity contribution in [3.8, 4) is 11.1 Å². The average molecular weight is 213 g/mol. The molecule has 0 aromatic carbocycles. The van der Waals surface area contributed by atoms with Gasteiger partial charge in [-0.1, -0.05) is 6.07 Å².